The van der Waals surface area contributed by atoms with Gasteiger partial charge in [-0.2, -0.15) is 0 Å². The van der Waals surface area contributed by atoms with Gasteiger partial charge in [-0.25, -0.2) is 9.97 Å². The summed E-state index contributed by atoms with van der Waals surface area (Å²) in [5, 5.41) is 1.03. The quantitative estimate of drug-likeness (QED) is 0.532. The van der Waals surface area contributed by atoms with Crippen LogP contribution in [0.1, 0.15) is 41.1 Å². The van der Waals surface area contributed by atoms with Gasteiger partial charge in [0.2, 0.25) is 5.89 Å². The molecule has 1 fully saturated rings. The van der Waals surface area contributed by atoms with Gasteiger partial charge in [-0.05, 0) is 52.2 Å². The number of ether oxygens (including phenoxy) is 1. The molecular weight excluding hydrogens is 370 g/mol. The third-order valence-corrected chi connectivity index (χ3v) is 6.36. The number of hydrogen-bond acceptors (Lipinski definition) is 5. The summed E-state index contributed by atoms with van der Waals surface area (Å²) >= 11 is 1.71. The lowest BCUT2D eigenvalue weighted by Crippen LogP contribution is -2.16. The Morgan fingerprint density at radius 3 is 2.79 bits per heavy atom. The third kappa shape index (κ3) is 4.03. The number of rotatable bonds is 6. The number of nitrogens with zero attached hydrogens (tertiary/aromatic N) is 3. The van der Waals surface area contributed by atoms with E-state index in [1.54, 1.807) is 18.0 Å². The summed E-state index contributed by atoms with van der Waals surface area (Å²) in [5.74, 6) is 1.42. The van der Waals surface area contributed by atoms with E-state index in [0.29, 0.717) is 12.0 Å². The van der Waals surface area contributed by atoms with Gasteiger partial charge in [0.1, 0.15) is 6.26 Å². The standard InChI is InChI=1S/C22H27N3O2S/c1-14-7-8-20(15(2)10-14)21-24-18(12-27-21)13-28-22-23-16(3)17(4)25(22)11-19-6-5-9-26-19/h7-8,10,12,19H,5-6,9,11,13H2,1-4H3/t19-/m1/s1. The van der Waals surface area contributed by atoms with E-state index in [1.165, 1.54) is 16.8 Å². The number of hydrogen-bond donors (Lipinski definition) is 0. The second-order valence-electron chi connectivity index (χ2n) is 7.56. The first-order chi connectivity index (χ1) is 13.5. The summed E-state index contributed by atoms with van der Waals surface area (Å²) in [4.78, 5) is 9.47. The molecule has 0 bridgehead atoms. The number of oxazole rings is 1. The molecule has 0 N–H and O–H groups in total. The van der Waals surface area contributed by atoms with Crippen molar-refractivity contribution in [3.8, 4) is 11.5 Å². The fourth-order valence-electron chi connectivity index (χ4n) is 3.63. The van der Waals surface area contributed by atoms with Gasteiger partial charge >= 0.3 is 0 Å². The number of aromatic nitrogens is 3. The Hall–Kier alpha value is -2.05. The van der Waals surface area contributed by atoms with Crippen LogP contribution in [0.3, 0.4) is 0 Å². The van der Waals surface area contributed by atoms with Gasteiger partial charge in [0, 0.05) is 23.6 Å². The molecule has 5 nitrogen and oxygen atoms in total. The van der Waals surface area contributed by atoms with Crippen molar-refractivity contribution in [1.29, 1.82) is 0 Å². The monoisotopic (exact) mass is 397 g/mol. The second kappa shape index (κ2) is 8.13. The fourth-order valence-corrected chi connectivity index (χ4v) is 4.61. The van der Waals surface area contributed by atoms with Gasteiger partial charge in [0.15, 0.2) is 5.16 Å². The van der Waals surface area contributed by atoms with Crippen molar-refractivity contribution < 1.29 is 9.15 Å². The van der Waals surface area contributed by atoms with Crippen LogP contribution in [0.15, 0.2) is 34.0 Å². The Morgan fingerprint density at radius 2 is 2.04 bits per heavy atom. The molecule has 0 saturated carbocycles. The zero-order valence-electron chi connectivity index (χ0n) is 17.0. The molecular formula is C22H27N3O2S. The summed E-state index contributed by atoms with van der Waals surface area (Å²) in [5.41, 5.74) is 6.70. The maximum atomic E-state index is 5.83. The highest BCUT2D eigenvalue weighted by molar-refractivity contribution is 7.98. The Morgan fingerprint density at radius 1 is 1.18 bits per heavy atom. The molecule has 6 heteroatoms. The summed E-state index contributed by atoms with van der Waals surface area (Å²) in [7, 11) is 0. The summed E-state index contributed by atoms with van der Waals surface area (Å²) in [6, 6.07) is 6.32. The van der Waals surface area contributed by atoms with Gasteiger partial charge in [0.25, 0.3) is 0 Å². The van der Waals surface area contributed by atoms with Gasteiger partial charge in [-0.3, -0.25) is 0 Å². The molecule has 3 heterocycles. The molecule has 0 unspecified atom stereocenters. The fraction of sp³-hybridized carbons (Fsp3) is 0.455. The second-order valence-corrected chi connectivity index (χ2v) is 8.50. The SMILES string of the molecule is Cc1ccc(-c2nc(CSc3nc(C)c(C)n3C[C@H]3CCCO3)co2)c(C)c1. The van der Waals surface area contributed by atoms with Crippen LogP contribution in [0.4, 0.5) is 0 Å². The van der Waals surface area contributed by atoms with Crippen molar-refractivity contribution in [1.82, 2.24) is 14.5 Å². The number of aryl methyl sites for hydroxylation is 3. The minimum atomic E-state index is 0.301. The smallest absolute Gasteiger partial charge is 0.226 e. The Balaban J connectivity index is 1.48. The first-order valence-electron chi connectivity index (χ1n) is 9.81. The first-order valence-corrected chi connectivity index (χ1v) is 10.8. The van der Waals surface area contributed by atoms with E-state index >= 15 is 0 Å². The molecule has 28 heavy (non-hydrogen) atoms. The maximum absolute atomic E-state index is 5.83. The van der Waals surface area contributed by atoms with Crippen LogP contribution in [0, 0.1) is 27.7 Å². The van der Waals surface area contributed by atoms with E-state index in [1.807, 2.05) is 0 Å². The molecule has 148 valence electrons. The molecule has 0 radical (unpaired) electrons. The summed E-state index contributed by atoms with van der Waals surface area (Å²) < 4.78 is 13.9. The predicted molar refractivity (Wildman–Crippen MR) is 112 cm³/mol. The van der Waals surface area contributed by atoms with E-state index < -0.39 is 0 Å². The lowest BCUT2D eigenvalue weighted by atomic mass is 10.1. The third-order valence-electron chi connectivity index (χ3n) is 5.35. The minimum Gasteiger partial charge on any atom is -0.444 e. The highest BCUT2D eigenvalue weighted by Crippen LogP contribution is 2.29. The molecule has 0 aliphatic carbocycles. The average Bonchev–Trinajstić information content (AvgIpc) is 3.39. The molecule has 3 aromatic rings. The highest BCUT2D eigenvalue weighted by atomic mass is 32.2. The van der Waals surface area contributed by atoms with Crippen LogP contribution in [0.25, 0.3) is 11.5 Å². The summed E-state index contributed by atoms with van der Waals surface area (Å²) in [6.45, 7) is 10.1. The van der Waals surface area contributed by atoms with Crippen LogP contribution in [-0.4, -0.2) is 27.2 Å². The van der Waals surface area contributed by atoms with Gasteiger partial charge in [-0.1, -0.05) is 29.5 Å². The predicted octanol–water partition coefficient (Wildman–Crippen LogP) is 5.24. The molecule has 2 aromatic heterocycles. The van der Waals surface area contributed by atoms with E-state index in [2.05, 4.69) is 50.5 Å². The van der Waals surface area contributed by atoms with Gasteiger partial charge in [-0.15, -0.1) is 0 Å². The Kier molecular flexibility index (Phi) is 5.60. The van der Waals surface area contributed by atoms with E-state index in [0.717, 1.165) is 53.9 Å². The Labute approximate surface area is 170 Å². The first kappa shape index (κ1) is 19.3. The molecule has 1 aliphatic heterocycles. The van der Waals surface area contributed by atoms with E-state index in [4.69, 9.17) is 19.1 Å². The lowest BCUT2D eigenvalue weighted by Gasteiger charge is -2.14. The van der Waals surface area contributed by atoms with Gasteiger partial charge in [0.05, 0.1) is 24.0 Å². The molecule has 1 saturated heterocycles. The van der Waals surface area contributed by atoms with Crippen molar-refractivity contribution in [2.24, 2.45) is 0 Å². The van der Waals surface area contributed by atoms with Crippen molar-refractivity contribution >= 4 is 11.8 Å². The van der Waals surface area contributed by atoms with Crippen molar-refractivity contribution in [2.45, 2.75) is 64.1 Å². The molecule has 1 aliphatic rings. The molecule has 1 aromatic carbocycles. The number of imidazole rings is 1. The van der Waals surface area contributed by atoms with Gasteiger partial charge < -0.3 is 13.7 Å². The summed E-state index contributed by atoms with van der Waals surface area (Å²) in [6.07, 6.45) is 4.34. The maximum Gasteiger partial charge on any atom is 0.226 e. The van der Waals surface area contributed by atoms with Crippen LogP contribution in [0.2, 0.25) is 0 Å². The topological polar surface area (TPSA) is 53.1 Å². The van der Waals surface area contributed by atoms with Crippen LogP contribution in [-0.2, 0) is 17.0 Å². The normalized spacial score (nSPS) is 16.8. The Bertz CT molecular complexity index is 970. The van der Waals surface area contributed by atoms with Crippen molar-refractivity contribution in [3.05, 3.63) is 52.7 Å². The molecule has 4 rings (SSSR count). The average molecular weight is 398 g/mol. The molecule has 0 amide bonds. The van der Waals surface area contributed by atoms with E-state index in [9.17, 15) is 0 Å². The minimum absolute atomic E-state index is 0.301. The van der Waals surface area contributed by atoms with Crippen molar-refractivity contribution in [3.63, 3.8) is 0 Å². The zero-order valence-corrected chi connectivity index (χ0v) is 17.8. The zero-order chi connectivity index (χ0) is 19.7. The van der Waals surface area contributed by atoms with Crippen LogP contribution < -0.4 is 0 Å². The van der Waals surface area contributed by atoms with E-state index in [-0.39, 0.29) is 0 Å². The largest absolute Gasteiger partial charge is 0.444 e. The number of benzene rings is 1. The lowest BCUT2D eigenvalue weighted by molar-refractivity contribution is 0.0945. The number of thioether (sulfide) groups is 1. The molecule has 0 spiro atoms. The van der Waals surface area contributed by atoms with Crippen molar-refractivity contribution in [2.75, 3.05) is 6.61 Å². The highest BCUT2D eigenvalue weighted by Gasteiger charge is 2.20. The molecule has 1 atom stereocenters. The van der Waals surface area contributed by atoms with Crippen LogP contribution in [0.5, 0.6) is 0 Å². The van der Waals surface area contributed by atoms with Crippen LogP contribution >= 0.6 is 11.8 Å².